The minimum atomic E-state index is -1.02. The summed E-state index contributed by atoms with van der Waals surface area (Å²) in [6.07, 6.45) is 5.41. The highest BCUT2D eigenvalue weighted by atomic mass is 35.5. The zero-order valence-corrected chi connectivity index (χ0v) is 13.8. The molecule has 0 radical (unpaired) electrons. The van der Waals surface area contributed by atoms with Gasteiger partial charge in [0.2, 0.25) is 0 Å². The second-order valence-corrected chi connectivity index (χ2v) is 5.66. The summed E-state index contributed by atoms with van der Waals surface area (Å²) in [7, 11) is 0. The van der Waals surface area contributed by atoms with Gasteiger partial charge in [0.25, 0.3) is 0 Å². The van der Waals surface area contributed by atoms with E-state index in [1.165, 1.54) is 6.08 Å². The lowest BCUT2D eigenvalue weighted by atomic mass is 10.2. The number of aromatic nitrogens is 2. The van der Waals surface area contributed by atoms with Gasteiger partial charge >= 0.3 is 5.97 Å². The van der Waals surface area contributed by atoms with E-state index in [0.29, 0.717) is 23.1 Å². The average molecular weight is 334 g/mol. The maximum Gasteiger partial charge on any atom is 0.328 e. The summed E-state index contributed by atoms with van der Waals surface area (Å²) in [6, 6.07) is 7.56. The van der Waals surface area contributed by atoms with E-state index in [1.807, 2.05) is 28.8 Å². The molecular formula is C17H20ClN3O2. The fourth-order valence-corrected chi connectivity index (χ4v) is 2.56. The molecular weight excluding hydrogens is 314 g/mol. The van der Waals surface area contributed by atoms with Gasteiger partial charge in [-0.2, -0.15) is 0 Å². The van der Waals surface area contributed by atoms with E-state index in [1.54, 1.807) is 0 Å². The molecule has 2 aromatic rings. The van der Waals surface area contributed by atoms with Crippen LogP contribution in [-0.4, -0.2) is 20.6 Å². The lowest BCUT2D eigenvalue weighted by Gasteiger charge is -2.10. The quantitative estimate of drug-likeness (QED) is 0.599. The number of nitrogen functional groups attached to an aromatic ring is 1. The Bertz CT molecular complexity index is 705. The van der Waals surface area contributed by atoms with Crippen LogP contribution in [0.2, 0.25) is 5.15 Å². The van der Waals surface area contributed by atoms with Gasteiger partial charge in [-0.25, -0.2) is 9.78 Å². The van der Waals surface area contributed by atoms with Crippen molar-refractivity contribution in [1.29, 1.82) is 0 Å². The van der Waals surface area contributed by atoms with Crippen LogP contribution in [0, 0.1) is 0 Å². The zero-order chi connectivity index (χ0) is 16.8. The van der Waals surface area contributed by atoms with Gasteiger partial charge in [-0.15, -0.1) is 0 Å². The van der Waals surface area contributed by atoms with Crippen molar-refractivity contribution in [1.82, 2.24) is 9.55 Å². The van der Waals surface area contributed by atoms with Gasteiger partial charge in [0, 0.05) is 24.7 Å². The number of aliphatic carboxylic acids is 1. The van der Waals surface area contributed by atoms with E-state index in [-0.39, 0.29) is 0 Å². The third-order valence-corrected chi connectivity index (χ3v) is 3.78. The number of rotatable bonds is 7. The van der Waals surface area contributed by atoms with Gasteiger partial charge in [-0.1, -0.05) is 37.1 Å². The van der Waals surface area contributed by atoms with Crippen molar-refractivity contribution < 1.29 is 9.90 Å². The van der Waals surface area contributed by atoms with Gasteiger partial charge in [-0.05, 0) is 30.2 Å². The van der Waals surface area contributed by atoms with E-state index in [0.717, 1.165) is 36.7 Å². The van der Waals surface area contributed by atoms with Gasteiger partial charge in [0.1, 0.15) is 5.82 Å². The van der Waals surface area contributed by atoms with Crippen LogP contribution in [0.3, 0.4) is 0 Å². The first-order chi connectivity index (χ1) is 11.0. The third-order valence-electron chi connectivity index (χ3n) is 3.50. The number of unbranched alkanes of at least 4 members (excludes halogenated alkanes) is 1. The smallest absolute Gasteiger partial charge is 0.328 e. The van der Waals surface area contributed by atoms with Gasteiger partial charge in [0.15, 0.2) is 5.15 Å². The fraction of sp³-hybridized carbons (Fsp3) is 0.294. The Hall–Kier alpha value is -2.27. The Morgan fingerprint density at radius 2 is 2.09 bits per heavy atom. The molecule has 1 aromatic heterocycles. The van der Waals surface area contributed by atoms with Crippen LogP contribution < -0.4 is 5.73 Å². The number of anilines is 1. The number of halogens is 1. The van der Waals surface area contributed by atoms with Crippen molar-refractivity contribution in [3.63, 3.8) is 0 Å². The number of nitrogens with two attached hydrogens (primary N) is 1. The van der Waals surface area contributed by atoms with E-state index in [4.69, 9.17) is 22.4 Å². The lowest BCUT2D eigenvalue weighted by molar-refractivity contribution is -0.131. The molecule has 122 valence electrons. The number of nitrogens with zero attached hydrogens (tertiary/aromatic N) is 2. The lowest BCUT2D eigenvalue weighted by Crippen LogP contribution is -2.07. The molecule has 0 spiro atoms. The van der Waals surface area contributed by atoms with Crippen LogP contribution in [-0.2, 0) is 17.8 Å². The molecule has 1 aromatic carbocycles. The maximum atomic E-state index is 10.8. The van der Waals surface area contributed by atoms with Crippen molar-refractivity contribution in [2.45, 2.75) is 32.7 Å². The third kappa shape index (κ3) is 4.60. The molecule has 0 fully saturated rings. The summed E-state index contributed by atoms with van der Waals surface area (Å²) in [4.78, 5) is 15.2. The van der Waals surface area contributed by atoms with Crippen molar-refractivity contribution in [3.8, 4) is 0 Å². The van der Waals surface area contributed by atoms with Crippen LogP contribution in [0.25, 0.3) is 6.08 Å². The molecule has 6 heteroatoms. The van der Waals surface area contributed by atoms with E-state index >= 15 is 0 Å². The monoisotopic (exact) mass is 333 g/mol. The molecule has 3 N–H and O–H groups in total. The second kappa shape index (κ2) is 7.83. The summed E-state index contributed by atoms with van der Waals surface area (Å²) in [5, 5.41) is 9.17. The largest absolute Gasteiger partial charge is 0.478 e. The topological polar surface area (TPSA) is 81.1 Å². The molecule has 2 rings (SSSR count). The number of carboxylic acid groups (broad SMARTS) is 1. The summed E-state index contributed by atoms with van der Waals surface area (Å²) >= 11 is 6.21. The first kappa shape index (κ1) is 17.1. The SMILES string of the molecule is CCCCc1nc(Cl)c(/C=C/C(=O)O)n1Cc1ccc(N)cc1. The van der Waals surface area contributed by atoms with Crippen LogP contribution in [0.15, 0.2) is 30.3 Å². The molecule has 0 bridgehead atoms. The number of hydrogen-bond donors (Lipinski definition) is 2. The highest BCUT2D eigenvalue weighted by molar-refractivity contribution is 6.30. The van der Waals surface area contributed by atoms with Crippen LogP contribution in [0.4, 0.5) is 5.69 Å². The minimum Gasteiger partial charge on any atom is -0.478 e. The van der Waals surface area contributed by atoms with Crippen molar-refractivity contribution in [2.24, 2.45) is 0 Å². The van der Waals surface area contributed by atoms with Gasteiger partial charge in [0.05, 0.1) is 5.69 Å². The Balaban J connectivity index is 2.39. The van der Waals surface area contributed by atoms with E-state index in [2.05, 4.69) is 11.9 Å². The first-order valence-electron chi connectivity index (χ1n) is 7.51. The Morgan fingerprint density at radius 3 is 2.70 bits per heavy atom. The average Bonchev–Trinajstić information content (AvgIpc) is 2.80. The number of hydrogen-bond acceptors (Lipinski definition) is 3. The summed E-state index contributed by atoms with van der Waals surface area (Å²) in [5.74, 6) is -0.157. The predicted octanol–water partition coefficient (Wildman–Crippen LogP) is 3.61. The summed E-state index contributed by atoms with van der Waals surface area (Å²) in [5.41, 5.74) is 8.08. The van der Waals surface area contributed by atoms with Crippen molar-refractivity contribution in [2.75, 3.05) is 5.73 Å². The molecule has 1 heterocycles. The number of benzene rings is 1. The number of aryl methyl sites for hydroxylation is 1. The van der Waals surface area contributed by atoms with E-state index < -0.39 is 5.97 Å². The maximum absolute atomic E-state index is 10.8. The predicted molar refractivity (Wildman–Crippen MR) is 92.5 cm³/mol. The summed E-state index contributed by atoms with van der Waals surface area (Å²) < 4.78 is 1.96. The molecule has 0 atom stereocenters. The first-order valence-corrected chi connectivity index (χ1v) is 7.89. The molecule has 0 aliphatic rings. The molecule has 0 aliphatic heterocycles. The minimum absolute atomic E-state index is 0.323. The molecule has 5 nitrogen and oxygen atoms in total. The van der Waals surface area contributed by atoms with Crippen LogP contribution >= 0.6 is 11.6 Å². The number of carbonyl (C=O) groups is 1. The fourth-order valence-electron chi connectivity index (χ4n) is 2.30. The molecule has 23 heavy (non-hydrogen) atoms. The van der Waals surface area contributed by atoms with Crippen molar-refractivity contribution >= 4 is 29.3 Å². The number of carboxylic acids is 1. The molecule has 0 unspecified atom stereocenters. The summed E-state index contributed by atoms with van der Waals surface area (Å²) in [6.45, 7) is 2.68. The number of imidazole rings is 1. The Morgan fingerprint density at radius 1 is 1.39 bits per heavy atom. The van der Waals surface area contributed by atoms with Crippen LogP contribution in [0.5, 0.6) is 0 Å². The van der Waals surface area contributed by atoms with Crippen LogP contribution in [0.1, 0.15) is 36.8 Å². The zero-order valence-electron chi connectivity index (χ0n) is 13.0. The van der Waals surface area contributed by atoms with E-state index in [9.17, 15) is 4.79 Å². The molecule has 0 aliphatic carbocycles. The normalized spacial score (nSPS) is 11.2. The molecule has 0 saturated heterocycles. The van der Waals surface area contributed by atoms with Crippen molar-refractivity contribution in [3.05, 3.63) is 52.6 Å². The standard InChI is InChI=1S/C17H20ClN3O2/c1-2-3-4-15-20-17(18)14(9-10-16(22)23)21(15)11-12-5-7-13(19)8-6-12/h5-10H,2-4,11,19H2,1H3,(H,22,23)/b10-9+. The Labute approximate surface area is 140 Å². The highest BCUT2D eigenvalue weighted by Crippen LogP contribution is 2.22. The highest BCUT2D eigenvalue weighted by Gasteiger charge is 2.14. The second-order valence-electron chi connectivity index (χ2n) is 5.31. The van der Waals surface area contributed by atoms with Gasteiger partial charge in [-0.3, -0.25) is 0 Å². The molecule has 0 amide bonds. The van der Waals surface area contributed by atoms with Gasteiger partial charge < -0.3 is 15.4 Å². The molecule has 0 saturated carbocycles. The Kier molecular flexibility index (Phi) is 5.82.